The van der Waals surface area contributed by atoms with E-state index in [1.54, 1.807) is 5.57 Å². The van der Waals surface area contributed by atoms with E-state index >= 15 is 0 Å². The van der Waals surface area contributed by atoms with Crippen LogP contribution >= 0.6 is 0 Å². The molecular formula is C58H103NO4. The van der Waals surface area contributed by atoms with Crippen LogP contribution in [0.25, 0.3) is 0 Å². The van der Waals surface area contributed by atoms with Crippen LogP contribution < -0.4 is 0 Å². The van der Waals surface area contributed by atoms with Crippen molar-refractivity contribution in [1.29, 1.82) is 0 Å². The van der Waals surface area contributed by atoms with E-state index < -0.39 is 0 Å². The number of likely N-dealkylation sites (tertiary alicyclic amines) is 1. The fourth-order valence-electron chi connectivity index (χ4n) is 13.2. The Morgan fingerprint density at radius 3 is 2.21 bits per heavy atom. The number of piperidine rings is 1. The fourth-order valence-corrected chi connectivity index (χ4v) is 13.2. The topological polar surface area (TPSA) is 40.2 Å². The number of rotatable bonds is 32. The van der Waals surface area contributed by atoms with Crippen molar-refractivity contribution in [3.05, 3.63) is 36.0 Å². The number of hydrogen-bond acceptors (Lipinski definition) is 5. The van der Waals surface area contributed by atoms with Crippen LogP contribution in [0.5, 0.6) is 0 Å². The summed E-state index contributed by atoms with van der Waals surface area (Å²) < 4.78 is 25.6. The summed E-state index contributed by atoms with van der Waals surface area (Å²) in [4.78, 5) is 2.59. The first-order chi connectivity index (χ1) is 30.6. The third-order valence-corrected chi connectivity index (χ3v) is 17.7. The lowest BCUT2D eigenvalue weighted by molar-refractivity contribution is -0.124. The van der Waals surface area contributed by atoms with Crippen LogP contribution in [-0.4, -0.2) is 75.9 Å². The van der Waals surface area contributed by atoms with Crippen molar-refractivity contribution in [2.45, 2.75) is 227 Å². The SMILES string of the molecule is CCCCCC=CCC=CCCCCCCCCOCC(CN1CCC(C)CC1)OCCOCCO[C@@]1(C)CC[C@@]2(C)C(=CCC3C4CC[C@H](CCCCC(C)C)C4CC[C@@]32C)C1. The van der Waals surface area contributed by atoms with Crippen molar-refractivity contribution in [3.8, 4) is 0 Å². The molecule has 1 aliphatic heterocycles. The molecule has 5 nitrogen and oxygen atoms in total. The molecule has 0 aromatic rings. The molecule has 1 saturated heterocycles. The van der Waals surface area contributed by atoms with Crippen molar-refractivity contribution in [2.75, 3.05) is 59.3 Å². The average Bonchev–Trinajstić information content (AvgIpc) is 3.68. The first-order valence-electron chi connectivity index (χ1n) is 27.7. The smallest absolute Gasteiger partial charge is 0.0936 e. The van der Waals surface area contributed by atoms with Crippen LogP contribution in [0.2, 0.25) is 0 Å². The molecule has 8 atom stereocenters. The van der Waals surface area contributed by atoms with E-state index in [4.69, 9.17) is 18.9 Å². The molecule has 0 radical (unpaired) electrons. The highest BCUT2D eigenvalue weighted by Crippen LogP contribution is 2.69. The van der Waals surface area contributed by atoms with Gasteiger partial charge in [-0.15, -0.1) is 0 Å². The Morgan fingerprint density at radius 2 is 1.44 bits per heavy atom. The molecule has 0 bridgehead atoms. The van der Waals surface area contributed by atoms with Gasteiger partial charge in [0.2, 0.25) is 0 Å². The van der Waals surface area contributed by atoms with E-state index in [0.29, 0.717) is 43.9 Å². The zero-order valence-corrected chi connectivity index (χ0v) is 42.8. The molecule has 5 heteroatoms. The lowest BCUT2D eigenvalue weighted by Gasteiger charge is -2.63. The highest BCUT2D eigenvalue weighted by molar-refractivity contribution is 5.29. The van der Waals surface area contributed by atoms with Gasteiger partial charge in [0.25, 0.3) is 0 Å². The van der Waals surface area contributed by atoms with Gasteiger partial charge in [-0.3, -0.25) is 0 Å². The Bertz CT molecular complexity index is 1320. The number of unbranched alkanes of at least 4 members (excludes halogenated alkanes) is 10. The molecule has 0 N–H and O–H groups in total. The molecule has 4 fully saturated rings. The van der Waals surface area contributed by atoms with Gasteiger partial charge in [0.05, 0.1) is 44.7 Å². The Balaban J connectivity index is 0.934. The third kappa shape index (κ3) is 16.9. The number of nitrogens with zero attached hydrogens (tertiary/aromatic N) is 1. The molecule has 1 heterocycles. The predicted molar refractivity (Wildman–Crippen MR) is 268 cm³/mol. The molecule has 4 unspecified atom stereocenters. The second-order valence-corrected chi connectivity index (χ2v) is 22.9. The summed E-state index contributed by atoms with van der Waals surface area (Å²) in [6.45, 7) is 24.6. The van der Waals surface area contributed by atoms with E-state index in [-0.39, 0.29) is 11.7 Å². The van der Waals surface area contributed by atoms with Gasteiger partial charge >= 0.3 is 0 Å². The van der Waals surface area contributed by atoms with Crippen LogP contribution in [0.1, 0.15) is 215 Å². The van der Waals surface area contributed by atoms with Crippen LogP contribution in [-0.2, 0) is 18.9 Å². The summed E-state index contributed by atoms with van der Waals surface area (Å²) in [7, 11) is 0. The molecule has 5 rings (SSSR count). The van der Waals surface area contributed by atoms with Gasteiger partial charge in [0.1, 0.15) is 0 Å². The van der Waals surface area contributed by atoms with Crippen molar-refractivity contribution < 1.29 is 18.9 Å². The number of ether oxygens (including phenoxy) is 4. The van der Waals surface area contributed by atoms with Crippen molar-refractivity contribution >= 4 is 0 Å². The molecular weight excluding hydrogens is 775 g/mol. The first kappa shape index (κ1) is 53.0. The molecule has 0 aromatic carbocycles. The van der Waals surface area contributed by atoms with Gasteiger partial charge in [0, 0.05) is 13.2 Å². The van der Waals surface area contributed by atoms with E-state index in [1.165, 1.54) is 154 Å². The number of fused-ring (bicyclic) bond motifs is 5. The molecule has 63 heavy (non-hydrogen) atoms. The Kier molecular flexibility index (Phi) is 23.9. The molecule has 3 saturated carbocycles. The van der Waals surface area contributed by atoms with Crippen molar-refractivity contribution in [3.63, 3.8) is 0 Å². The predicted octanol–water partition coefficient (Wildman–Crippen LogP) is 15.5. The summed E-state index contributed by atoms with van der Waals surface area (Å²) in [5.41, 5.74) is 2.39. The second-order valence-electron chi connectivity index (χ2n) is 22.9. The highest BCUT2D eigenvalue weighted by atomic mass is 16.6. The van der Waals surface area contributed by atoms with Crippen molar-refractivity contribution in [2.24, 2.45) is 46.3 Å². The van der Waals surface area contributed by atoms with E-state index in [2.05, 4.69) is 83.7 Å². The zero-order chi connectivity index (χ0) is 44.8. The summed E-state index contributed by atoms with van der Waals surface area (Å²) in [5.74, 6) is 5.53. The van der Waals surface area contributed by atoms with Gasteiger partial charge in [-0.05, 0) is 169 Å². The summed E-state index contributed by atoms with van der Waals surface area (Å²) in [5, 5.41) is 0. The molecule has 364 valence electrons. The minimum atomic E-state index is -0.0867. The maximum absolute atomic E-state index is 6.72. The highest BCUT2D eigenvalue weighted by Gasteiger charge is 2.61. The number of allylic oxidation sites excluding steroid dienone is 5. The number of hydrogen-bond donors (Lipinski definition) is 0. The average molecular weight is 878 g/mol. The molecule has 0 aromatic heterocycles. The van der Waals surface area contributed by atoms with E-state index in [9.17, 15) is 0 Å². The van der Waals surface area contributed by atoms with Gasteiger partial charge in [-0.1, -0.05) is 142 Å². The van der Waals surface area contributed by atoms with Gasteiger partial charge in [-0.2, -0.15) is 0 Å². The Labute approximate surface area is 391 Å². The maximum atomic E-state index is 6.72. The van der Waals surface area contributed by atoms with Crippen LogP contribution in [0.4, 0.5) is 0 Å². The zero-order valence-electron chi connectivity index (χ0n) is 42.8. The molecule has 0 spiro atoms. The largest absolute Gasteiger partial charge is 0.379 e. The lowest BCUT2D eigenvalue weighted by Crippen LogP contribution is -2.56. The third-order valence-electron chi connectivity index (χ3n) is 17.7. The molecule has 4 aliphatic carbocycles. The lowest BCUT2D eigenvalue weighted by atomic mass is 9.42. The summed E-state index contributed by atoms with van der Waals surface area (Å²) in [6, 6.07) is 0. The fraction of sp³-hybridized carbons (Fsp3) is 0.897. The first-order valence-corrected chi connectivity index (χ1v) is 27.7. The van der Waals surface area contributed by atoms with E-state index in [1.807, 2.05) is 0 Å². The van der Waals surface area contributed by atoms with Crippen molar-refractivity contribution in [1.82, 2.24) is 4.90 Å². The Morgan fingerprint density at radius 1 is 0.714 bits per heavy atom. The summed E-state index contributed by atoms with van der Waals surface area (Å²) in [6.07, 6.45) is 46.6. The van der Waals surface area contributed by atoms with Crippen LogP contribution in [0.15, 0.2) is 36.0 Å². The minimum Gasteiger partial charge on any atom is -0.379 e. The van der Waals surface area contributed by atoms with Crippen LogP contribution in [0.3, 0.4) is 0 Å². The minimum absolute atomic E-state index is 0.0867. The van der Waals surface area contributed by atoms with Gasteiger partial charge in [-0.25, -0.2) is 0 Å². The van der Waals surface area contributed by atoms with E-state index in [0.717, 1.165) is 74.3 Å². The summed E-state index contributed by atoms with van der Waals surface area (Å²) >= 11 is 0. The second kappa shape index (κ2) is 28.4. The van der Waals surface area contributed by atoms with Gasteiger partial charge in [0.15, 0.2) is 0 Å². The standard InChI is InChI=1S/C58H103NO4/c1-8-9-10-11-12-13-14-15-16-17-18-19-20-21-22-25-40-61-47-52(46-59-38-33-49(4)34-39-59)62-43-41-60-42-44-63-56(5)36-37-57(6)51(45-56)29-31-55-54-30-28-50(27-24-23-26-48(2)3)53(54)32-35-58(55,57)7/h12-13,15-16,29,48-50,52-55H,8-11,14,17-28,30-47H2,1-7H3/t50-,52?,53?,54?,55?,56-,57-,58-/m0/s1. The van der Waals surface area contributed by atoms with Crippen LogP contribution in [0, 0.1) is 46.3 Å². The normalized spacial score (nSPS) is 30.9. The quantitative estimate of drug-likeness (QED) is 0.0497. The monoisotopic (exact) mass is 878 g/mol. The maximum Gasteiger partial charge on any atom is 0.0936 e. The molecule has 5 aliphatic rings. The molecule has 0 amide bonds. The van der Waals surface area contributed by atoms with Gasteiger partial charge < -0.3 is 23.8 Å². The Hall–Kier alpha value is -0.980.